The lowest BCUT2D eigenvalue weighted by atomic mass is 9.98. The van der Waals surface area contributed by atoms with E-state index < -0.39 is 16.1 Å². The average molecular weight is 694 g/mol. The summed E-state index contributed by atoms with van der Waals surface area (Å²) in [6, 6.07) is 3.70. The van der Waals surface area contributed by atoms with Crippen molar-refractivity contribution in [1.29, 1.82) is 0 Å². The van der Waals surface area contributed by atoms with Gasteiger partial charge in [0.2, 0.25) is 0 Å². The first kappa shape index (κ1) is 30.3. The van der Waals surface area contributed by atoms with Crippen LogP contribution in [0.3, 0.4) is 0 Å². The van der Waals surface area contributed by atoms with Crippen LogP contribution in [0.2, 0.25) is 5.02 Å². The fourth-order valence-corrected chi connectivity index (χ4v) is 6.63. The van der Waals surface area contributed by atoms with E-state index in [-0.39, 0.29) is 19.5 Å². The number of esters is 1. The maximum Gasteiger partial charge on any atom is 0.354 e. The van der Waals surface area contributed by atoms with Gasteiger partial charge >= 0.3 is 5.97 Å². The van der Waals surface area contributed by atoms with Crippen LogP contribution < -0.4 is 0 Å². The van der Waals surface area contributed by atoms with E-state index >= 15 is 0 Å². The molecule has 0 amide bonds. The molecule has 10 nitrogen and oxygen atoms in total. The predicted octanol–water partition coefficient (Wildman–Crippen LogP) is 4.91. The van der Waals surface area contributed by atoms with Gasteiger partial charge in [0.15, 0.2) is 6.29 Å². The summed E-state index contributed by atoms with van der Waals surface area (Å²) in [5, 5.41) is 6.12. The number of hydrogen-bond donors (Lipinski definition) is 0. The molecule has 1 saturated heterocycles. The number of alkyl halides is 1. The minimum absolute atomic E-state index is 0.00257. The minimum Gasteiger partial charge on any atom is -0.464 e. The van der Waals surface area contributed by atoms with Crippen molar-refractivity contribution in [2.45, 2.75) is 49.4 Å². The second-order valence-corrected chi connectivity index (χ2v) is 12.3. The van der Waals surface area contributed by atoms with Gasteiger partial charge in [-0.1, -0.05) is 40.3 Å². The normalized spacial score (nSPS) is 16.2. The van der Waals surface area contributed by atoms with Crippen LogP contribution in [0.25, 0.3) is 22.0 Å². The first-order valence-corrected chi connectivity index (χ1v) is 16.4. The van der Waals surface area contributed by atoms with Gasteiger partial charge in [0.1, 0.15) is 5.69 Å². The van der Waals surface area contributed by atoms with Gasteiger partial charge in [0.05, 0.1) is 48.5 Å². The van der Waals surface area contributed by atoms with E-state index in [1.807, 2.05) is 23.9 Å². The van der Waals surface area contributed by atoms with Crippen molar-refractivity contribution in [1.82, 2.24) is 14.3 Å². The van der Waals surface area contributed by atoms with E-state index in [4.69, 9.17) is 35.1 Å². The van der Waals surface area contributed by atoms with Crippen LogP contribution >= 0.6 is 34.2 Å². The zero-order chi connectivity index (χ0) is 28.3. The van der Waals surface area contributed by atoms with Crippen molar-refractivity contribution in [2.75, 3.05) is 26.6 Å². The number of benzene rings is 1. The Hall–Kier alpha value is -1.71. The summed E-state index contributed by atoms with van der Waals surface area (Å²) in [6.07, 6.45) is 4.46. The molecule has 39 heavy (non-hydrogen) atoms. The Labute approximate surface area is 247 Å². The summed E-state index contributed by atoms with van der Waals surface area (Å²) in [5.74, 6) is -0.492. The lowest BCUT2D eigenvalue weighted by Gasteiger charge is -2.22. The number of aryl methyl sites for hydroxylation is 3. The summed E-state index contributed by atoms with van der Waals surface area (Å²) >= 11 is 9.20. The minimum atomic E-state index is -3.56. The molecule has 0 aliphatic carbocycles. The Morgan fingerprint density at radius 1 is 1.26 bits per heavy atom. The standard InChI is InChI=1S/C26H33ClIN3O7S/c1-30-24-17(16(25(30)26(32)35-3)8-7-13-38-39(4,33)34)10-11-18(27)22(24)23-19(29-31(2)20(23)14-28)15-37-21-9-5-6-12-36-21/h10-11,21H,5-9,12-15H2,1-4H3. The van der Waals surface area contributed by atoms with Crippen molar-refractivity contribution < 1.29 is 31.6 Å². The number of aromatic nitrogens is 3. The lowest BCUT2D eigenvalue weighted by molar-refractivity contribution is -0.169. The molecule has 0 N–H and O–H groups in total. The molecule has 214 valence electrons. The Kier molecular flexibility index (Phi) is 9.97. The van der Waals surface area contributed by atoms with Gasteiger partial charge in [-0.05, 0) is 43.7 Å². The van der Waals surface area contributed by atoms with Gasteiger partial charge in [-0.25, -0.2) is 4.79 Å². The second-order valence-electron chi connectivity index (χ2n) is 9.46. The lowest BCUT2D eigenvalue weighted by Crippen LogP contribution is -2.22. The molecule has 0 spiro atoms. The first-order chi connectivity index (χ1) is 18.6. The Balaban J connectivity index is 1.84. The van der Waals surface area contributed by atoms with E-state index in [0.29, 0.717) is 34.6 Å². The number of rotatable bonds is 11. The number of methoxy groups -OCH3 is 1. The van der Waals surface area contributed by atoms with Crippen LogP contribution in [0, 0.1) is 0 Å². The first-order valence-electron chi connectivity index (χ1n) is 12.6. The van der Waals surface area contributed by atoms with Crippen molar-refractivity contribution in [3.63, 3.8) is 0 Å². The Bertz CT molecular complexity index is 1460. The fraction of sp³-hybridized carbons (Fsp3) is 0.538. The number of ether oxygens (including phenoxy) is 3. The van der Waals surface area contributed by atoms with E-state index in [1.54, 1.807) is 11.6 Å². The molecule has 13 heteroatoms. The van der Waals surface area contributed by atoms with E-state index in [9.17, 15) is 13.2 Å². The fourth-order valence-electron chi connectivity index (χ4n) is 5.08. The molecule has 1 aliphatic rings. The predicted molar refractivity (Wildman–Crippen MR) is 157 cm³/mol. The Morgan fingerprint density at radius 2 is 2.03 bits per heavy atom. The van der Waals surface area contributed by atoms with Crippen LogP contribution in [-0.2, 0) is 60.1 Å². The van der Waals surface area contributed by atoms with Gasteiger partial charge < -0.3 is 18.8 Å². The number of carbonyl (C=O) groups is 1. The van der Waals surface area contributed by atoms with Gasteiger partial charge in [0, 0.05) is 41.6 Å². The quantitative estimate of drug-likeness (QED) is 0.0917. The monoisotopic (exact) mass is 693 g/mol. The SMILES string of the molecule is COC(=O)c1c(CCCOS(C)(=O)=O)c2ccc(Cl)c(-c3c(COC4CCCCO4)nn(C)c3CI)c2n1C. The average Bonchev–Trinajstić information content (AvgIpc) is 3.37. The molecule has 4 rings (SSSR count). The van der Waals surface area contributed by atoms with Gasteiger partial charge in [0.25, 0.3) is 10.1 Å². The maximum absolute atomic E-state index is 13.0. The molecule has 1 aromatic carbocycles. The molecule has 0 radical (unpaired) electrons. The van der Waals surface area contributed by atoms with Crippen molar-refractivity contribution in [3.05, 3.63) is 39.8 Å². The highest BCUT2D eigenvalue weighted by atomic mass is 127. The zero-order valence-electron chi connectivity index (χ0n) is 22.5. The topological polar surface area (TPSA) is 111 Å². The number of hydrogen-bond acceptors (Lipinski definition) is 8. The Morgan fingerprint density at radius 3 is 2.67 bits per heavy atom. The highest BCUT2D eigenvalue weighted by Crippen LogP contribution is 2.42. The molecular weight excluding hydrogens is 661 g/mol. The highest BCUT2D eigenvalue weighted by Gasteiger charge is 2.29. The number of nitrogens with zero attached hydrogens (tertiary/aromatic N) is 3. The molecule has 0 saturated carbocycles. The third kappa shape index (κ3) is 6.62. The molecular formula is C26H33ClIN3O7S. The highest BCUT2D eigenvalue weighted by molar-refractivity contribution is 14.1. The van der Waals surface area contributed by atoms with Crippen LogP contribution in [0.1, 0.15) is 53.1 Å². The third-order valence-corrected chi connectivity index (χ3v) is 8.45. The van der Waals surface area contributed by atoms with Crippen molar-refractivity contribution >= 4 is 61.2 Å². The largest absolute Gasteiger partial charge is 0.464 e. The zero-order valence-corrected chi connectivity index (χ0v) is 26.2. The molecule has 3 aromatic rings. The van der Waals surface area contributed by atoms with Crippen molar-refractivity contribution in [3.8, 4) is 11.1 Å². The molecule has 1 aliphatic heterocycles. The summed E-state index contributed by atoms with van der Waals surface area (Å²) in [7, 11) is 1.47. The van der Waals surface area contributed by atoms with E-state index in [2.05, 4.69) is 22.6 Å². The summed E-state index contributed by atoms with van der Waals surface area (Å²) < 4.78 is 49.1. The van der Waals surface area contributed by atoms with Crippen LogP contribution in [0.15, 0.2) is 12.1 Å². The van der Waals surface area contributed by atoms with Gasteiger partial charge in [-0.2, -0.15) is 13.5 Å². The summed E-state index contributed by atoms with van der Waals surface area (Å²) in [4.78, 5) is 13.0. The third-order valence-electron chi connectivity index (χ3n) is 6.82. The molecule has 1 fully saturated rings. The van der Waals surface area contributed by atoms with Crippen LogP contribution in [-0.4, -0.2) is 61.6 Å². The molecule has 0 bridgehead atoms. The van der Waals surface area contributed by atoms with E-state index in [0.717, 1.165) is 64.5 Å². The molecule has 3 heterocycles. The van der Waals surface area contributed by atoms with Crippen LogP contribution in [0.5, 0.6) is 0 Å². The summed E-state index contributed by atoms with van der Waals surface area (Å²) in [6.45, 7) is 0.936. The number of carbonyl (C=O) groups excluding carboxylic acids is 1. The summed E-state index contributed by atoms with van der Waals surface area (Å²) in [5.41, 5.74) is 5.20. The van der Waals surface area contributed by atoms with Gasteiger partial charge in [-0.3, -0.25) is 8.86 Å². The van der Waals surface area contributed by atoms with Crippen molar-refractivity contribution in [2.24, 2.45) is 14.1 Å². The number of fused-ring (bicyclic) bond motifs is 1. The molecule has 1 unspecified atom stereocenters. The smallest absolute Gasteiger partial charge is 0.354 e. The van der Waals surface area contributed by atoms with Crippen LogP contribution in [0.4, 0.5) is 0 Å². The van der Waals surface area contributed by atoms with E-state index in [1.165, 1.54) is 7.11 Å². The number of halogens is 2. The maximum atomic E-state index is 13.0. The molecule has 1 atom stereocenters. The van der Waals surface area contributed by atoms with Gasteiger partial charge in [-0.15, -0.1) is 0 Å². The molecule has 2 aromatic heterocycles. The second kappa shape index (κ2) is 12.9.